The van der Waals surface area contributed by atoms with Gasteiger partial charge in [-0.25, -0.2) is 4.79 Å². The summed E-state index contributed by atoms with van der Waals surface area (Å²) in [6.07, 6.45) is 0. The van der Waals surface area contributed by atoms with E-state index >= 15 is 0 Å². The molecule has 1 aromatic rings. The molecule has 0 unspecified atom stereocenters. The van der Waals surface area contributed by atoms with Crippen molar-refractivity contribution in [1.82, 2.24) is 0 Å². The maximum Gasteiger partial charge on any atom is 0.382 e. The first kappa shape index (κ1) is 11.9. The molecule has 2 nitrogen and oxygen atoms in total. The molecule has 0 spiro atoms. The minimum atomic E-state index is -1.10. The van der Waals surface area contributed by atoms with Gasteiger partial charge in [-0.05, 0) is 12.1 Å². The van der Waals surface area contributed by atoms with Crippen LogP contribution < -0.4 is 0 Å². The number of carbonyl (C=O) groups is 1. The molecule has 0 aliphatic carbocycles. The monoisotopic (exact) mass is 185 g/mol. The van der Waals surface area contributed by atoms with Gasteiger partial charge in [0, 0.05) is 62.9 Å². The van der Waals surface area contributed by atoms with Crippen LogP contribution in [0.1, 0.15) is 5.56 Å². The zero-order chi connectivity index (χ0) is 8.10. The first-order valence-electron chi connectivity index (χ1n) is 3.09. The number of aliphatic carboxylic acids is 1. The van der Waals surface area contributed by atoms with Gasteiger partial charge in [0.1, 0.15) is 0 Å². The molecule has 0 aliphatic heterocycles. The molecule has 1 radical (unpaired) electrons. The van der Waals surface area contributed by atoms with Gasteiger partial charge in [-0.3, -0.25) is 0 Å². The van der Waals surface area contributed by atoms with Crippen LogP contribution in [-0.2, 0) is 4.79 Å². The maximum atomic E-state index is 10.00. The molecule has 0 aliphatic rings. The molecular formula is C9H6KO2. The summed E-state index contributed by atoms with van der Waals surface area (Å²) in [6, 6.07) is 9.00. The topological polar surface area (TPSA) is 37.3 Å². The van der Waals surface area contributed by atoms with Gasteiger partial charge in [0.2, 0.25) is 0 Å². The third kappa shape index (κ3) is 4.70. The minimum absolute atomic E-state index is 0. The van der Waals surface area contributed by atoms with Crippen LogP contribution in [0.25, 0.3) is 0 Å². The van der Waals surface area contributed by atoms with Crippen LogP contribution in [-0.4, -0.2) is 62.5 Å². The average Bonchev–Trinajstić information content (AvgIpc) is 2.03. The summed E-state index contributed by atoms with van der Waals surface area (Å²) >= 11 is 0. The molecule has 0 aromatic heterocycles. The van der Waals surface area contributed by atoms with Gasteiger partial charge in [-0.15, -0.1) is 0 Å². The second kappa shape index (κ2) is 6.41. The molecule has 0 amide bonds. The predicted molar refractivity (Wildman–Crippen MR) is 46.7 cm³/mol. The van der Waals surface area contributed by atoms with E-state index in [1.807, 2.05) is 24.1 Å². The van der Waals surface area contributed by atoms with Gasteiger partial charge in [0.25, 0.3) is 0 Å². The summed E-state index contributed by atoms with van der Waals surface area (Å²) in [4.78, 5) is 10.00. The Morgan fingerprint density at radius 3 is 2.33 bits per heavy atom. The Morgan fingerprint density at radius 1 is 1.25 bits per heavy atom. The van der Waals surface area contributed by atoms with Crippen molar-refractivity contribution in [3.63, 3.8) is 0 Å². The summed E-state index contributed by atoms with van der Waals surface area (Å²) in [5.74, 6) is 3.42. The second-order valence-electron chi connectivity index (χ2n) is 1.92. The summed E-state index contributed by atoms with van der Waals surface area (Å²) in [5, 5.41) is 8.20. The Balaban J connectivity index is 0.00000121. The van der Waals surface area contributed by atoms with Crippen molar-refractivity contribution in [2.24, 2.45) is 0 Å². The van der Waals surface area contributed by atoms with Crippen LogP contribution in [0.4, 0.5) is 0 Å². The number of benzene rings is 1. The van der Waals surface area contributed by atoms with Crippen molar-refractivity contribution in [3.8, 4) is 11.8 Å². The van der Waals surface area contributed by atoms with E-state index in [9.17, 15) is 4.79 Å². The largest absolute Gasteiger partial charge is 0.472 e. The first-order valence-corrected chi connectivity index (χ1v) is 3.09. The van der Waals surface area contributed by atoms with E-state index in [0.29, 0.717) is 0 Å². The van der Waals surface area contributed by atoms with E-state index in [2.05, 4.69) is 5.92 Å². The number of hydrogen-bond donors (Lipinski definition) is 1. The Bertz CT molecular complexity index is 308. The van der Waals surface area contributed by atoms with Gasteiger partial charge in [-0.1, -0.05) is 24.1 Å². The molecular weight excluding hydrogens is 179 g/mol. The minimum Gasteiger partial charge on any atom is -0.472 e. The van der Waals surface area contributed by atoms with Crippen molar-refractivity contribution in [1.29, 1.82) is 0 Å². The molecule has 1 rings (SSSR count). The van der Waals surface area contributed by atoms with E-state index < -0.39 is 5.97 Å². The quantitative estimate of drug-likeness (QED) is 0.478. The number of carboxylic acids is 1. The molecule has 0 saturated carbocycles. The van der Waals surface area contributed by atoms with Crippen molar-refractivity contribution >= 4 is 57.4 Å². The fourth-order valence-electron chi connectivity index (χ4n) is 0.647. The molecule has 0 saturated heterocycles. The fraction of sp³-hybridized carbons (Fsp3) is 0. The van der Waals surface area contributed by atoms with Gasteiger partial charge < -0.3 is 5.11 Å². The normalized spacial score (nSPS) is 7.33. The number of hydrogen-bond acceptors (Lipinski definition) is 1. The van der Waals surface area contributed by atoms with Crippen molar-refractivity contribution in [2.45, 2.75) is 0 Å². The third-order valence-electron chi connectivity index (χ3n) is 1.09. The second-order valence-corrected chi connectivity index (χ2v) is 1.92. The summed E-state index contributed by atoms with van der Waals surface area (Å²) < 4.78 is 0. The molecule has 0 fully saturated rings. The standard InChI is InChI=1S/C9H6O2.K/c10-9(11)7-6-8-4-2-1-3-5-8;/h1-5H,(H,10,11);. The molecule has 3 heteroatoms. The van der Waals surface area contributed by atoms with Gasteiger partial charge in [0.05, 0.1) is 0 Å². The van der Waals surface area contributed by atoms with Crippen molar-refractivity contribution in [3.05, 3.63) is 35.9 Å². The van der Waals surface area contributed by atoms with Gasteiger partial charge in [0.15, 0.2) is 0 Å². The van der Waals surface area contributed by atoms with E-state index in [1.54, 1.807) is 12.1 Å². The van der Waals surface area contributed by atoms with E-state index in [4.69, 9.17) is 5.11 Å². The van der Waals surface area contributed by atoms with E-state index in [1.165, 1.54) is 0 Å². The summed E-state index contributed by atoms with van der Waals surface area (Å²) in [5.41, 5.74) is 0.718. The van der Waals surface area contributed by atoms with Gasteiger partial charge in [-0.2, -0.15) is 0 Å². The zero-order valence-corrected chi connectivity index (χ0v) is 9.87. The van der Waals surface area contributed by atoms with Crippen molar-refractivity contribution in [2.75, 3.05) is 0 Å². The fourth-order valence-corrected chi connectivity index (χ4v) is 0.647. The first-order chi connectivity index (χ1) is 5.29. The molecule has 1 aromatic carbocycles. The molecule has 0 heterocycles. The molecule has 0 atom stereocenters. The summed E-state index contributed by atoms with van der Waals surface area (Å²) in [7, 11) is 0. The van der Waals surface area contributed by atoms with Crippen LogP contribution in [0.5, 0.6) is 0 Å². The SMILES string of the molecule is O=C(O)C#Cc1ccccc1.[K]. The van der Waals surface area contributed by atoms with Crippen LogP contribution in [0.2, 0.25) is 0 Å². The average molecular weight is 185 g/mol. The van der Waals surface area contributed by atoms with E-state index in [-0.39, 0.29) is 51.4 Å². The molecule has 12 heavy (non-hydrogen) atoms. The number of rotatable bonds is 0. The molecule has 1 N–H and O–H groups in total. The van der Waals surface area contributed by atoms with Crippen LogP contribution in [0.3, 0.4) is 0 Å². The maximum absolute atomic E-state index is 10.00. The smallest absolute Gasteiger partial charge is 0.382 e. The zero-order valence-electron chi connectivity index (χ0n) is 6.74. The Morgan fingerprint density at radius 2 is 1.83 bits per heavy atom. The molecule has 55 valence electrons. The summed E-state index contributed by atoms with van der Waals surface area (Å²) in [6.45, 7) is 0. The van der Waals surface area contributed by atoms with Crippen LogP contribution in [0, 0.1) is 11.8 Å². The molecule has 0 bridgehead atoms. The number of carboxylic acid groups (broad SMARTS) is 1. The van der Waals surface area contributed by atoms with Crippen LogP contribution in [0.15, 0.2) is 30.3 Å². The van der Waals surface area contributed by atoms with Gasteiger partial charge >= 0.3 is 5.97 Å². The van der Waals surface area contributed by atoms with Crippen molar-refractivity contribution < 1.29 is 9.90 Å². The predicted octanol–water partition coefficient (Wildman–Crippen LogP) is 0.742. The Labute approximate surface area is 113 Å². The Hall–Kier alpha value is -0.114. The third-order valence-corrected chi connectivity index (χ3v) is 1.09. The van der Waals surface area contributed by atoms with Crippen LogP contribution >= 0.6 is 0 Å². The van der Waals surface area contributed by atoms with E-state index in [0.717, 1.165) is 5.56 Å². The Kier molecular flexibility index (Phi) is 6.35.